The van der Waals surface area contributed by atoms with Gasteiger partial charge in [-0.05, 0) is 30.5 Å². The molecule has 0 spiro atoms. The predicted molar refractivity (Wildman–Crippen MR) is 75.5 cm³/mol. The SMILES string of the molecule is O=C(O)c1ccc(CC(=O)N2CCCC2C2(C(F)(F)F)N=N2)cc1. The van der Waals surface area contributed by atoms with Gasteiger partial charge in [0, 0.05) is 6.54 Å². The normalized spacial score (nSPS) is 21.8. The molecule has 1 amide bonds. The first-order valence-corrected chi connectivity index (χ1v) is 7.37. The van der Waals surface area contributed by atoms with Crippen LogP contribution in [0.25, 0.3) is 0 Å². The lowest BCUT2D eigenvalue weighted by molar-refractivity contribution is -0.179. The lowest BCUT2D eigenvalue weighted by Gasteiger charge is -2.29. The summed E-state index contributed by atoms with van der Waals surface area (Å²) in [7, 11) is 0. The maximum atomic E-state index is 13.2. The molecule has 128 valence electrons. The molecule has 9 heteroatoms. The summed E-state index contributed by atoms with van der Waals surface area (Å²) in [5.74, 6) is -1.53. The van der Waals surface area contributed by atoms with Crippen molar-refractivity contribution in [3.05, 3.63) is 35.4 Å². The van der Waals surface area contributed by atoms with Crippen molar-refractivity contribution in [2.75, 3.05) is 6.54 Å². The molecule has 0 aromatic heterocycles. The van der Waals surface area contributed by atoms with Gasteiger partial charge in [-0.1, -0.05) is 12.1 Å². The first-order chi connectivity index (χ1) is 11.2. The second-order valence-electron chi connectivity index (χ2n) is 5.85. The zero-order valence-electron chi connectivity index (χ0n) is 12.5. The van der Waals surface area contributed by atoms with Crippen molar-refractivity contribution in [1.82, 2.24) is 4.90 Å². The summed E-state index contributed by atoms with van der Waals surface area (Å²) < 4.78 is 39.5. The number of carbonyl (C=O) groups is 2. The smallest absolute Gasteiger partial charge is 0.439 e. The molecule has 24 heavy (non-hydrogen) atoms. The van der Waals surface area contributed by atoms with Gasteiger partial charge in [-0.25, -0.2) is 4.79 Å². The molecule has 3 rings (SSSR count). The molecule has 2 heterocycles. The van der Waals surface area contributed by atoms with E-state index in [4.69, 9.17) is 5.11 Å². The van der Waals surface area contributed by atoms with Crippen LogP contribution in [0.4, 0.5) is 13.2 Å². The molecular weight excluding hydrogens is 327 g/mol. The minimum atomic E-state index is -4.61. The van der Waals surface area contributed by atoms with Crippen LogP contribution in [0, 0.1) is 0 Å². The highest BCUT2D eigenvalue weighted by atomic mass is 19.4. The molecule has 1 N–H and O–H groups in total. The fourth-order valence-corrected chi connectivity index (χ4v) is 3.01. The highest BCUT2D eigenvalue weighted by Gasteiger charge is 2.70. The standard InChI is InChI=1S/C15H14F3N3O3/c16-15(17,18)14(19-20-14)11-2-1-7-21(11)12(22)8-9-3-5-10(6-4-9)13(23)24/h3-6,11H,1-2,7-8H2,(H,23,24). The molecule has 0 radical (unpaired) electrons. The lowest BCUT2D eigenvalue weighted by Crippen LogP contribution is -2.52. The predicted octanol–water partition coefficient (Wildman–Crippen LogP) is 2.64. The number of aromatic carboxylic acids is 1. The first kappa shape index (κ1) is 16.4. The second-order valence-corrected chi connectivity index (χ2v) is 5.85. The van der Waals surface area contributed by atoms with Crippen molar-refractivity contribution < 1.29 is 27.9 Å². The van der Waals surface area contributed by atoms with Gasteiger partial charge < -0.3 is 10.0 Å². The number of carbonyl (C=O) groups excluding carboxylic acids is 1. The van der Waals surface area contributed by atoms with Crippen LogP contribution < -0.4 is 0 Å². The van der Waals surface area contributed by atoms with Gasteiger partial charge in [0.1, 0.15) is 0 Å². The Morgan fingerprint density at radius 1 is 1.25 bits per heavy atom. The number of alkyl halides is 3. The van der Waals surface area contributed by atoms with Crippen LogP contribution in [-0.2, 0) is 11.2 Å². The number of likely N-dealkylation sites (tertiary alicyclic amines) is 1. The van der Waals surface area contributed by atoms with Crippen LogP contribution in [0.2, 0.25) is 0 Å². The maximum absolute atomic E-state index is 13.2. The molecule has 6 nitrogen and oxygen atoms in total. The van der Waals surface area contributed by atoms with E-state index in [0.29, 0.717) is 12.0 Å². The summed E-state index contributed by atoms with van der Waals surface area (Å²) in [6.45, 7) is 0.236. The zero-order chi connectivity index (χ0) is 17.5. The molecule has 2 aliphatic rings. The Hall–Kier alpha value is -2.45. The van der Waals surface area contributed by atoms with Crippen molar-refractivity contribution in [1.29, 1.82) is 0 Å². The monoisotopic (exact) mass is 341 g/mol. The van der Waals surface area contributed by atoms with Crippen molar-refractivity contribution in [2.24, 2.45) is 10.2 Å². The Bertz CT molecular complexity index is 694. The summed E-state index contributed by atoms with van der Waals surface area (Å²) in [6.07, 6.45) is -4.03. The molecule has 1 aromatic carbocycles. The van der Waals surface area contributed by atoms with Gasteiger partial charge in [0.15, 0.2) is 0 Å². The highest BCUT2D eigenvalue weighted by Crippen LogP contribution is 2.50. The van der Waals surface area contributed by atoms with E-state index in [2.05, 4.69) is 10.2 Å². The molecule has 1 atom stereocenters. The summed E-state index contributed by atoms with van der Waals surface area (Å²) in [5, 5.41) is 15.2. The van der Waals surface area contributed by atoms with E-state index in [9.17, 15) is 22.8 Å². The summed E-state index contributed by atoms with van der Waals surface area (Å²) >= 11 is 0. The number of nitrogens with zero attached hydrogens (tertiary/aromatic N) is 3. The molecule has 1 saturated heterocycles. The zero-order valence-corrected chi connectivity index (χ0v) is 12.5. The van der Waals surface area contributed by atoms with Crippen LogP contribution in [0.5, 0.6) is 0 Å². The largest absolute Gasteiger partial charge is 0.478 e. The van der Waals surface area contributed by atoms with E-state index in [1.165, 1.54) is 29.2 Å². The summed E-state index contributed by atoms with van der Waals surface area (Å²) in [6, 6.07) is 4.59. The summed E-state index contributed by atoms with van der Waals surface area (Å²) in [4.78, 5) is 24.4. The molecule has 0 aliphatic carbocycles. The molecule has 1 aromatic rings. The van der Waals surface area contributed by atoms with Crippen LogP contribution in [-0.4, -0.2) is 46.3 Å². The van der Waals surface area contributed by atoms with Crippen LogP contribution in [0.3, 0.4) is 0 Å². The molecule has 2 aliphatic heterocycles. The Labute approximate surface area is 135 Å². The van der Waals surface area contributed by atoms with Gasteiger partial charge in [0.2, 0.25) is 5.91 Å². The van der Waals surface area contributed by atoms with Gasteiger partial charge in [-0.15, -0.1) is 10.2 Å². The second kappa shape index (κ2) is 5.57. The van der Waals surface area contributed by atoms with E-state index >= 15 is 0 Å². The topological polar surface area (TPSA) is 82.3 Å². The Morgan fingerprint density at radius 3 is 2.38 bits per heavy atom. The molecule has 1 unspecified atom stereocenters. The summed E-state index contributed by atoms with van der Waals surface area (Å²) in [5.41, 5.74) is -1.84. The Balaban J connectivity index is 1.71. The van der Waals surface area contributed by atoms with E-state index in [0.717, 1.165) is 0 Å². The number of hydrogen-bond donors (Lipinski definition) is 1. The van der Waals surface area contributed by atoms with Gasteiger partial charge in [0.25, 0.3) is 0 Å². The molecule has 0 saturated carbocycles. The lowest BCUT2D eigenvalue weighted by atomic mass is 10.0. The third kappa shape index (κ3) is 2.74. The average molecular weight is 341 g/mol. The number of carboxylic acid groups (broad SMARTS) is 1. The third-order valence-corrected chi connectivity index (χ3v) is 4.33. The average Bonchev–Trinajstić information content (AvgIpc) is 3.19. The van der Waals surface area contributed by atoms with E-state index < -0.39 is 29.8 Å². The number of halogens is 3. The number of amides is 1. The minimum absolute atomic E-state index is 0.0804. The fourth-order valence-electron chi connectivity index (χ4n) is 3.01. The Kier molecular flexibility index (Phi) is 3.81. The maximum Gasteiger partial charge on any atom is 0.439 e. The number of carboxylic acids is 1. The quantitative estimate of drug-likeness (QED) is 0.914. The van der Waals surface area contributed by atoms with E-state index in [-0.39, 0.29) is 24.9 Å². The minimum Gasteiger partial charge on any atom is -0.478 e. The van der Waals surface area contributed by atoms with Gasteiger partial charge in [-0.3, -0.25) is 4.79 Å². The van der Waals surface area contributed by atoms with Crippen molar-refractivity contribution in [3.63, 3.8) is 0 Å². The van der Waals surface area contributed by atoms with Crippen molar-refractivity contribution >= 4 is 11.9 Å². The number of benzene rings is 1. The van der Waals surface area contributed by atoms with E-state index in [1.807, 2.05) is 0 Å². The van der Waals surface area contributed by atoms with Crippen molar-refractivity contribution in [2.45, 2.75) is 37.1 Å². The van der Waals surface area contributed by atoms with Crippen LogP contribution in [0.15, 0.2) is 34.5 Å². The number of rotatable bonds is 4. The highest BCUT2D eigenvalue weighted by molar-refractivity contribution is 5.87. The number of hydrogen-bond acceptors (Lipinski definition) is 4. The van der Waals surface area contributed by atoms with Gasteiger partial charge in [-0.2, -0.15) is 13.2 Å². The fraction of sp³-hybridized carbons (Fsp3) is 0.467. The van der Waals surface area contributed by atoms with Gasteiger partial charge >= 0.3 is 17.8 Å². The Morgan fingerprint density at radius 2 is 1.88 bits per heavy atom. The third-order valence-electron chi connectivity index (χ3n) is 4.33. The molecular formula is C15H14F3N3O3. The van der Waals surface area contributed by atoms with E-state index in [1.54, 1.807) is 0 Å². The van der Waals surface area contributed by atoms with Gasteiger partial charge in [0.05, 0.1) is 18.0 Å². The first-order valence-electron chi connectivity index (χ1n) is 7.37. The van der Waals surface area contributed by atoms with Crippen LogP contribution in [0.1, 0.15) is 28.8 Å². The van der Waals surface area contributed by atoms with Crippen molar-refractivity contribution in [3.8, 4) is 0 Å². The molecule has 1 fully saturated rings. The molecule has 0 bridgehead atoms. The van der Waals surface area contributed by atoms with Crippen LogP contribution >= 0.6 is 0 Å².